The Hall–Kier alpha value is -3.82. The fraction of sp³-hybridized carbons (Fsp3) is 0.581. The van der Waals surface area contributed by atoms with E-state index >= 15 is 0 Å². The van der Waals surface area contributed by atoms with Crippen molar-refractivity contribution in [1.82, 2.24) is 15.5 Å². The maximum absolute atomic E-state index is 14.2. The number of likely N-dealkylation sites (N-methyl/N-ethyl adjacent to an activating group) is 1. The SMILES string of the molecule is CC/C=C\C(C)C(C)N(CCOC/C=C/OC)c1cc(C(=O)NC(Cc2ccc(O)cc2)C(=O)NCCN(C)C)ccc1C(C)C1CCCCCC1. The van der Waals surface area contributed by atoms with Crippen LogP contribution in [0.2, 0.25) is 0 Å². The lowest BCUT2D eigenvalue weighted by Gasteiger charge is -2.38. The first-order chi connectivity index (χ1) is 25.0. The Bertz CT molecular complexity index is 1400. The van der Waals surface area contributed by atoms with E-state index in [4.69, 9.17) is 9.47 Å². The van der Waals surface area contributed by atoms with Gasteiger partial charge in [-0.2, -0.15) is 0 Å². The summed E-state index contributed by atoms with van der Waals surface area (Å²) in [6.45, 7) is 11.8. The van der Waals surface area contributed by atoms with Crippen molar-refractivity contribution in [2.75, 3.05) is 59.0 Å². The van der Waals surface area contributed by atoms with Crippen LogP contribution in [0.15, 0.2) is 67.0 Å². The van der Waals surface area contributed by atoms with Crippen molar-refractivity contribution < 1.29 is 24.2 Å². The van der Waals surface area contributed by atoms with Gasteiger partial charge in [-0.25, -0.2) is 0 Å². The minimum absolute atomic E-state index is 0.129. The van der Waals surface area contributed by atoms with Crippen molar-refractivity contribution >= 4 is 17.5 Å². The van der Waals surface area contributed by atoms with Crippen molar-refractivity contribution in [3.63, 3.8) is 0 Å². The van der Waals surface area contributed by atoms with Gasteiger partial charge in [-0.05, 0) is 99.5 Å². The van der Waals surface area contributed by atoms with Gasteiger partial charge in [0, 0.05) is 43.3 Å². The van der Waals surface area contributed by atoms with E-state index in [0.29, 0.717) is 56.7 Å². The van der Waals surface area contributed by atoms with Crippen molar-refractivity contribution in [1.29, 1.82) is 0 Å². The molecule has 4 atom stereocenters. The summed E-state index contributed by atoms with van der Waals surface area (Å²) < 4.78 is 11.1. The maximum Gasteiger partial charge on any atom is 0.252 e. The van der Waals surface area contributed by atoms with Gasteiger partial charge in [0.05, 0.1) is 26.6 Å². The summed E-state index contributed by atoms with van der Waals surface area (Å²) in [5, 5.41) is 15.9. The number of hydrogen-bond donors (Lipinski definition) is 3. The Kier molecular flexibility index (Phi) is 18.8. The first kappa shape index (κ1) is 42.6. The van der Waals surface area contributed by atoms with Crippen molar-refractivity contribution in [3.8, 4) is 5.75 Å². The van der Waals surface area contributed by atoms with E-state index in [1.54, 1.807) is 37.6 Å². The lowest BCUT2D eigenvalue weighted by atomic mass is 9.81. The zero-order valence-corrected chi connectivity index (χ0v) is 32.9. The standard InChI is InChI=1S/C43H66N4O5/c1-8-9-15-32(2)34(4)47(26-29-52-28-14-27-51-7)41-31-37(20-23-39(41)33(3)36-16-12-10-11-13-17-36)42(49)45-40(43(50)44-24-25-46(5)6)30-35-18-21-38(48)22-19-35/h9,14-15,18-23,27,31-34,36,40,48H,8,10-13,16-17,24-26,28-30H2,1-7H3,(H,44,50)(H,45,49)/b15-9-,27-14+. The largest absolute Gasteiger partial charge is 0.508 e. The number of benzene rings is 2. The molecule has 9 heteroatoms. The molecule has 2 aromatic rings. The number of aromatic hydroxyl groups is 1. The number of allylic oxidation sites excluding steroid dienone is 1. The first-order valence-electron chi connectivity index (χ1n) is 19.4. The Morgan fingerprint density at radius 3 is 2.35 bits per heavy atom. The van der Waals surface area contributed by atoms with Crippen LogP contribution in [0.5, 0.6) is 5.75 Å². The molecule has 0 aliphatic heterocycles. The summed E-state index contributed by atoms with van der Waals surface area (Å²) >= 11 is 0. The third kappa shape index (κ3) is 14.0. The number of ether oxygens (including phenoxy) is 2. The van der Waals surface area contributed by atoms with Gasteiger partial charge in [0.1, 0.15) is 11.8 Å². The molecule has 2 aromatic carbocycles. The van der Waals surface area contributed by atoms with Crippen LogP contribution in [-0.2, 0) is 20.7 Å². The highest BCUT2D eigenvalue weighted by Crippen LogP contribution is 2.40. The molecular formula is C43H66N4O5. The fourth-order valence-electron chi connectivity index (χ4n) is 7.02. The second-order valence-corrected chi connectivity index (χ2v) is 14.6. The van der Waals surface area contributed by atoms with Gasteiger partial charge in [-0.15, -0.1) is 0 Å². The number of anilines is 1. The van der Waals surface area contributed by atoms with E-state index in [2.05, 4.69) is 61.4 Å². The van der Waals surface area contributed by atoms with Crippen LogP contribution in [0.3, 0.4) is 0 Å². The molecule has 3 N–H and O–H groups in total. The predicted molar refractivity (Wildman–Crippen MR) is 213 cm³/mol. The molecule has 9 nitrogen and oxygen atoms in total. The number of amides is 2. The molecule has 288 valence electrons. The Morgan fingerprint density at radius 1 is 0.981 bits per heavy atom. The smallest absolute Gasteiger partial charge is 0.252 e. The summed E-state index contributed by atoms with van der Waals surface area (Å²) in [5.41, 5.74) is 3.66. The van der Waals surface area contributed by atoms with Crippen LogP contribution in [0.25, 0.3) is 0 Å². The number of nitrogens with zero attached hydrogens (tertiary/aromatic N) is 2. The van der Waals surface area contributed by atoms with E-state index in [0.717, 1.165) is 17.7 Å². The molecule has 4 unspecified atom stereocenters. The normalized spacial score (nSPS) is 16.4. The summed E-state index contributed by atoms with van der Waals surface area (Å²) in [7, 11) is 5.53. The highest BCUT2D eigenvalue weighted by Gasteiger charge is 2.29. The summed E-state index contributed by atoms with van der Waals surface area (Å²) in [4.78, 5) is 32.1. The van der Waals surface area contributed by atoms with Crippen molar-refractivity contribution in [2.45, 2.75) is 97.1 Å². The molecule has 0 saturated heterocycles. The molecule has 0 heterocycles. The average Bonchev–Trinajstić information content (AvgIpc) is 3.43. The van der Waals surface area contributed by atoms with Gasteiger partial charge in [0.25, 0.3) is 5.91 Å². The number of carbonyl (C=O) groups excluding carboxylic acids is 2. The van der Waals surface area contributed by atoms with Gasteiger partial charge < -0.3 is 35.0 Å². The molecule has 0 radical (unpaired) electrons. The minimum atomic E-state index is -0.796. The maximum atomic E-state index is 14.2. The molecular weight excluding hydrogens is 652 g/mol. The monoisotopic (exact) mass is 719 g/mol. The first-order valence-corrected chi connectivity index (χ1v) is 19.4. The molecule has 1 aliphatic rings. The topological polar surface area (TPSA) is 103 Å². The van der Waals surface area contributed by atoms with Crippen LogP contribution in [0.4, 0.5) is 5.69 Å². The molecule has 0 aromatic heterocycles. The highest BCUT2D eigenvalue weighted by molar-refractivity contribution is 5.98. The zero-order valence-electron chi connectivity index (χ0n) is 32.9. The van der Waals surface area contributed by atoms with Gasteiger partial charge in [0.15, 0.2) is 0 Å². The van der Waals surface area contributed by atoms with Gasteiger partial charge in [-0.1, -0.05) is 76.8 Å². The minimum Gasteiger partial charge on any atom is -0.508 e. The Labute approximate surface area is 313 Å². The molecule has 0 spiro atoms. The molecule has 0 bridgehead atoms. The van der Waals surface area contributed by atoms with E-state index in [1.165, 1.54) is 44.1 Å². The average molecular weight is 719 g/mol. The van der Waals surface area contributed by atoms with Crippen LogP contribution < -0.4 is 15.5 Å². The molecule has 52 heavy (non-hydrogen) atoms. The second-order valence-electron chi connectivity index (χ2n) is 14.6. The molecule has 1 saturated carbocycles. The van der Waals surface area contributed by atoms with Crippen LogP contribution in [-0.4, -0.2) is 88.0 Å². The third-order valence-corrected chi connectivity index (χ3v) is 10.4. The van der Waals surface area contributed by atoms with Crippen LogP contribution in [0.1, 0.15) is 100 Å². The van der Waals surface area contributed by atoms with E-state index < -0.39 is 6.04 Å². The van der Waals surface area contributed by atoms with E-state index in [1.807, 2.05) is 37.2 Å². The Balaban J connectivity index is 2.03. The number of methoxy groups -OCH3 is 1. The van der Waals surface area contributed by atoms with Crippen molar-refractivity contribution in [2.24, 2.45) is 11.8 Å². The van der Waals surface area contributed by atoms with Crippen LogP contribution in [0, 0.1) is 11.8 Å². The Morgan fingerprint density at radius 2 is 1.69 bits per heavy atom. The predicted octanol–water partition coefficient (Wildman–Crippen LogP) is 7.46. The number of nitrogens with one attached hydrogen (secondary N) is 2. The molecule has 2 amide bonds. The number of rotatable bonds is 21. The van der Waals surface area contributed by atoms with E-state index in [-0.39, 0.29) is 29.5 Å². The zero-order chi connectivity index (χ0) is 37.9. The summed E-state index contributed by atoms with van der Waals surface area (Å²) in [5.74, 6) is 0.763. The number of carbonyl (C=O) groups is 2. The number of phenolic OH excluding ortho intramolecular Hbond substituents is 1. The van der Waals surface area contributed by atoms with E-state index in [9.17, 15) is 14.7 Å². The van der Waals surface area contributed by atoms with Crippen molar-refractivity contribution in [3.05, 3.63) is 83.6 Å². The van der Waals surface area contributed by atoms with Gasteiger partial charge in [-0.3, -0.25) is 9.59 Å². The molecule has 3 rings (SSSR count). The quantitative estimate of drug-likeness (QED) is 0.0533. The summed E-state index contributed by atoms with van der Waals surface area (Å²) in [6.07, 6.45) is 16.8. The second kappa shape index (κ2) is 23.0. The number of hydrogen-bond acceptors (Lipinski definition) is 7. The van der Waals surface area contributed by atoms with Gasteiger partial charge >= 0.3 is 0 Å². The molecule has 1 aliphatic carbocycles. The lowest BCUT2D eigenvalue weighted by Crippen LogP contribution is -2.49. The van der Waals surface area contributed by atoms with Gasteiger partial charge in [0.2, 0.25) is 5.91 Å². The number of phenols is 1. The third-order valence-electron chi connectivity index (χ3n) is 10.4. The van der Waals surface area contributed by atoms with Crippen LogP contribution >= 0.6 is 0 Å². The lowest BCUT2D eigenvalue weighted by molar-refractivity contribution is -0.123. The fourth-order valence-corrected chi connectivity index (χ4v) is 7.02. The highest BCUT2D eigenvalue weighted by atomic mass is 16.5. The molecule has 1 fully saturated rings. The summed E-state index contributed by atoms with van der Waals surface area (Å²) in [6, 6.07) is 12.2.